The monoisotopic (exact) mass is 373 g/mol. The maximum atomic E-state index is 12.0. The van der Waals surface area contributed by atoms with Gasteiger partial charge in [0.05, 0.1) is 29.4 Å². The second kappa shape index (κ2) is 6.82. The minimum Gasteiger partial charge on any atom is -0.465 e. The van der Waals surface area contributed by atoms with Gasteiger partial charge in [0.2, 0.25) is 0 Å². The van der Waals surface area contributed by atoms with Gasteiger partial charge in [-0.2, -0.15) is 0 Å². The topological polar surface area (TPSA) is 70.8 Å². The molecule has 28 heavy (non-hydrogen) atoms. The Bertz CT molecular complexity index is 1130. The first-order valence-corrected chi connectivity index (χ1v) is 9.93. The van der Waals surface area contributed by atoms with Crippen LogP contribution in [-0.4, -0.2) is 28.0 Å². The number of H-pyrrole nitrogens is 2. The molecular weight excluding hydrogens is 350 g/mol. The molecular formula is C23H23N3O2. The van der Waals surface area contributed by atoms with Crippen LogP contribution in [0.25, 0.3) is 33.5 Å². The summed E-state index contributed by atoms with van der Waals surface area (Å²) in [5.74, 6) is 1.05. The summed E-state index contributed by atoms with van der Waals surface area (Å²) in [6.45, 7) is 0. The van der Waals surface area contributed by atoms with Crippen molar-refractivity contribution in [2.24, 2.45) is 0 Å². The Morgan fingerprint density at radius 2 is 1.86 bits per heavy atom. The van der Waals surface area contributed by atoms with Crippen LogP contribution < -0.4 is 0 Å². The van der Waals surface area contributed by atoms with Crippen molar-refractivity contribution in [1.82, 2.24) is 15.0 Å². The van der Waals surface area contributed by atoms with Crippen LogP contribution >= 0.6 is 0 Å². The van der Waals surface area contributed by atoms with Gasteiger partial charge < -0.3 is 14.7 Å². The van der Waals surface area contributed by atoms with Crippen molar-refractivity contribution in [3.05, 3.63) is 53.6 Å². The van der Waals surface area contributed by atoms with Crippen molar-refractivity contribution < 1.29 is 9.53 Å². The van der Waals surface area contributed by atoms with Gasteiger partial charge in [0.25, 0.3) is 0 Å². The Morgan fingerprint density at radius 1 is 1.04 bits per heavy atom. The molecule has 5 nitrogen and oxygen atoms in total. The summed E-state index contributed by atoms with van der Waals surface area (Å²) in [6, 6.07) is 13.9. The van der Waals surface area contributed by atoms with Crippen molar-refractivity contribution in [2.45, 2.75) is 38.0 Å². The van der Waals surface area contributed by atoms with E-state index < -0.39 is 0 Å². The average Bonchev–Trinajstić information content (AvgIpc) is 3.34. The predicted molar refractivity (Wildman–Crippen MR) is 111 cm³/mol. The molecule has 2 heterocycles. The van der Waals surface area contributed by atoms with E-state index in [-0.39, 0.29) is 5.97 Å². The lowest BCUT2D eigenvalue weighted by atomic mass is 9.82. The Kier molecular flexibility index (Phi) is 4.15. The summed E-state index contributed by atoms with van der Waals surface area (Å²) >= 11 is 0. The number of carbonyl (C=O) groups excluding carboxylic acids is 1. The molecule has 0 aliphatic heterocycles. The molecule has 0 saturated heterocycles. The summed E-state index contributed by atoms with van der Waals surface area (Å²) in [5.41, 5.74) is 5.87. The highest BCUT2D eigenvalue weighted by Gasteiger charge is 2.25. The number of esters is 1. The van der Waals surface area contributed by atoms with E-state index in [0.717, 1.165) is 28.1 Å². The number of imidazole rings is 1. The molecule has 2 aromatic heterocycles. The number of ether oxygens (including phenoxy) is 1. The van der Waals surface area contributed by atoms with Gasteiger partial charge in [-0.1, -0.05) is 37.5 Å². The van der Waals surface area contributed by atoms with E-state index in [2.05, 4.69) is 9.97 Å². The Labute approximate surface area is 163 Å². The lowest BCUT2D eigenvalue weighted by molar-refractivity contribution is 0.0601. The lowest BCUT2D eigenvalue weighted by Crippen LogP contribution is -2.05. The number of aromatic nitrogens is 3. The van der Waals surface area contributed by atoms with Gasteiger partial charge in [-0.25, -0.2) is 9.78 Å². The van der Waals surface area contributed by atoms with E-state index in [9.17, 15) is 4.79 Å². The normalized spacial score (nSPS) is 15.3. The number of nitrogens with zero attached hydrogens (tertiary/aromatic N) is 1. The van der Waals surface area contributed by atoms with Crippen molar-refractivity contribution >= 4 is 27.9 Å². The van der Waals surface area contributed by atoms with Gasteiger partial charge in [-0.3, -0.25) is 0 Å². The maximum absolute atomic E-state index is 12.0. The van der Waals surface area contributed by atoms with Crippen molar-refractivity contribution in [1.29, 1.82) is 0 Å². The van der Waals surface area contributed by atoms with Crippen molar-refractivity contribution in [3.63, 3.8) is 0 Å². The molecule has 1 saturated carbocycles. The van der Waals surface area contributed by atoms with Gasteiger partial charge in [0.1, 0.15) is 0 Å². The molecule has 4 aromatic rings. The highest BCUT2D eigenvalue weighted by Crippen LogP contribution is 2.42. The number of hydrogen-bond acceptors (Lipinski definition) is 3. The Balaban J connectivity index is 1.72. The quantitative estimate of drug-likeness (QED) is 0.463. The summed E-state index contributed by atoms with van der Waals surface area (Å²) in [5, 5.41) is 1.18. The fourth-order valence-corrected chi connectivity index (χ4v) is 4.54. The summed E-state index contributed by atoms with van der Waals surface area (Å²) in [7, 11) is 1.41. The van der Waals surface area contributed by atoms with Gasteiger partial charge in [-0.05, 0) is 48.6 Å². The zero-order valence-corrected chi connectivity index (χ0v) is 15.9. The van der Waals surface area contributed by atoms with Crippen LogP contribution in [0.15, 0.2) is 42.5 Å². The van der Waals surface area contributed by atoms with Gasteiger partial charge in [0.15, 0.2) is 5.82 Å². The molecule has 2 N–H and O–H groups in total. The van der Waals surface area contributed by atoms with Crippen LogP contribution in [0.1, 0.15) is 53.9 Å². The molecule has 0 amide bonds. The number of carbonyl (C=O) groups is 1. The summed E-state index contributed by atoms with van der Waals surface area (Å²) in [6.07, 6.45) is 6.22. The smallest absolute Gasteiger partial charge is 0.337 e. The molecule has 2 aromatic carbocycles. The van der Waals surface area contributed by atoms with E-state index in [4.69, 9.17) is 9.72 Å². The first-order valence-electron chi connectivity index (χ1n) is 9.93. The molecule has 5 heteroatoms. The third kappa shape index (κ3) is 2.78. The van der Waals surface area contributed by atoms with E-state index in [1.54, 1.807) is 0 Å². The van der Waals surface area contributed by atoms with Gasteiger partial charge in [0, 0.05) is 10.9 Å². The van der Waals surface area contributed by atoms with Crippen LogP contribution in [0.2, 0.25) is 0 Å². The minimum atomic E-state index is -0.319. The van der Waals surface area contributed by atoms with E-state index in [1.165, 1.54) is 50.2 Å². The number of methoxy groups -OCH3 is 1. The highest BCUT2D eigenvalue weighted by molar-refractivity contribution is 5.98. The number of benzene rings is 2. The lowest BCUT2D eigenvalue weighted by Gasteiger charge is -2.22. The zero-order chi connectivity index (χ0) is 19.1. The Morgan fingerprint density at radius 3 is 2.64 bits per heavy atom. The predicted octanol–water partition coefficient (Wildman–Crippen LogP) is 5.55. The fourth-order valence-electron chi connectivity index (χ4n) is 4.54. The standard InChI is InChI=1S/C23H23N3O2/c1-28-23(27)15-11-12-16-19(13-15)24-21(20(16)14-7-3-2-4-8-14)22-25-17-9-5-6-10-18(17)26-22/h5-6,9-14,24H,2-4,7-8H2,1H3,(H,25,26). The first-order chi connectivity index (χ1) is 13.7. The molecule has 0 atom stereocenters. The summed E-state index contributed by atoms with van der Waals surface area (Å²) in [4.78, 5) is 23.8. The van der Waals surface area contributed by atoms with Crippen LogP contribution in [0, 0.1) is 0 Å². The van der Waals surface area contributed by atoms with E-state index >= 15 is 0 Å². The number of para-hydroxylation sites is 2. The van der Waals surface area contributed by atoms with Crippen LogP contribution in [0.5, 0.6) is 0 Å². The molecule has 1 aliphatic rings. The number of aromatic amines is 2. The third-order valence-corrected chi connectivity index (χ3v) is 5.90. The number of rotatable bonds is 3. The highest BCUT2D eigenvalue weighted by atomic mass is 16.5. The molecule has 142 valence electrons. The number of hydrogen-bond donors (Lipinski definition) is 2. The molecule has 0 spiro atoms. The Hall–Kier alpha value is -3.08. The number of fused-ring (bicyclic) bond motifs is 2. The van der Waals surface area contributed by atoms with Crippen molar-refractivity contribution in [2.75, 3.05) is 7.11 Å². The molecule has 0 radical (unpaired) electrons. The molecule has 5 rings (SSSR count). The second-order valence-electron chi connectivity index (χ2n) is 7.60. The fraction of sp³-hybridized carbons (Fsp3) is 0.304. The molecule has 1 fully saturated rings. The molecule has 1 aliphatic carbocycles. The largest absolute Gasteiger partial charge is 0.465 e. The van der Waals surface area contributed by atoms with Crippen molar-refractivity contribution in [3.8, 4) is 11.5 Å². The second-order valence-corrected chi connectivity index (χ2v) is 7.60. The maximum Gasteiger partial charge on any atom is 0.337 e. The molecule has 0 bridgehead atoms. The number of nitrogens with one attached hydrogen (secondary N) is 2. The SMILES string of the molecule is COC(=O)c1ccc2c(C3CCCCC3)c(-c3nc4ccccc4[nH]3)[nH]c2c1. The average molecular weight is 373 g/mol. The van der Waals surface area contributed by atoms with Crippen LogP contribution in [0.3, 0.4) is 0 Å². The van der Waals surface area contributed by atoms with Gasteiger partial charge >= 0.3 is 5.97 Å². The van der Waals surface area contributed by atoms with E-state index in [1.807, 2.05) is 42.5 Å². The molecule has 0 unspecified atom stereocenters. The van der Waals surface area contributed by atoms with E-state index in [0.29, 0.717) is 11.5 Å². The summed E-state index contributed by atoms with van der Waals surface area (Å²) < 4.78 is 4.89. The van der Waals surface area contributed by atoms with Crippen LogP contribution in [0.4, 0.5) is 0 Å². The van der Waals surface area contributed by atoms with Crippen LogP contribution in [-0.2, 0) is 4.74 Å². The third-order valence-electron chi connectivity index (χ3n) is 5.90. The minimum absolute atomic E-state index is 0.319. The first kappa shape index (κ1) is 17.0. The zero-order valence-electron chi connectivity index (χ0n) is 15.9. The van der Waals surface area contributed by atoms with Gasteiger partial charge in [-0.15, -0.1) is 0 Å².